The van der Waals surface area contributed by atoms with Crippen LogP contribution in [0.25, 0.3) is 0 Å². The van der Waals surface area contributed by atoms with Crippen LogP contribution < -0.4 is 15.4 Å². The van der Waals surface area contributed by atoms with Crippen molar-refractivity contribution in [3.8, 4) is 5.75 Å². The number of rotatable bonds is 10. The Kier molecular flexibility index (Phi) is 8.58. The fraction of sp³-hybridized carbons (Fsp3) is 0.571. The lowest BCUT2D eigenvalue weighted by molar-refractivity contribution is 0.198. The van der Waals surface area contributed by atoms with Crippen molar-refractivity contribution in [1.29, 1.82) is 0 Å². The second-order valence-electron chi connectivity index (χ2n) is 4.36. The highest BCUT2D eigenvalue weighted by atomic mass is 35.5. The van der Waals surface area contributed by atoms with Crippen LogP contribution in [0.5, 0.6) is 5.75 Å². The Hall–Kier alpha value is -0.810. The molecular formula is C14H23ClN2O2. The molecule has 4 nitrogen and oxygen atoms in total. The predicted molar refractivity (Wildman–Crippen MR) is 79.2 cm³/mol. The van der Waals surface area contributed by atoms with Crippen LogP contribution in [0.1, 0.15) is 6.92 Å². The number of benzene rings is 1. The Labute approximate surface area is 120 Å². The van der Waals surface area contributed by atoms with E-state index >= 15 is 0 Å². The summed E-state index contributed by atoms with van der Waals surface area (Å²) in [5, 5.41) is 7.38. The van der Waals surface area contributed by atoms with Gasteiger partial charge in [-0.25, -0.2) is 0 Å². The fourth-order valence-electron chi connectivity index (χ4n) is 1.60. The first-order valence-corrected chi connectivity index (χ1v) is 6.91. The van der Waals surface area contributed by atoms with E-state index in [4.69, 9.17) is 21.1 Å². The maximum Gasteiger partial charge on any atom is 0.120 e. The number of hydrogen-bond donors (Lipinski definition) is 2. The lowest BCUT2D eigenvalue weighted by Crippen LogP contribution is -2.39. The van der Waals surface area contributed by atoms with Gasteiger partial charge in [-0.15, -0.1) is 0 Å². The van der Waals surface area contributed by atoms with Crippen molar-refractivity contribution in [1.82, 2.24) is 10.6 Å². The maximum absolute atomic E-state index is 5.88. The van der Waals surface area contributed by atoms with Gasteiger partial charge in [0, 0.05) is 37.8 Å². The van der Waals surface area contributed by atoms with Crippen molar-refractivity contribution in [3.63, 3.8) is 0 Å². The number of hydrogen-bond acceptors (Lipinski definition) is 4. The zero-order valence-electron chi connectivity index (χ0n) is 11.6. The van der Waals surface area contributed by atoms with Crippen molar-refractivity contribution in [2.75, 3.05) is 40.0 Å². The summed E-state index contributed by atoms with van der Waals surface area (Å²) in [6.07, 6.45) is 0. The third-order valence-corrected chi connectivity index (χ3v) is 2.83. The van der Waals surface area contributed by atoms with E-state index in [2.05, 4.69) is 17.6 Å². The normalized spacial score (nSPS) is 12.4. The van der Waals surface area contributed by atoms with Crippen LogP contribution in [0.2, 0.25) is 5.02 Å². The highest BCUT2D eigenvalue weighted by molar-refractivity contribution is 6.30. The molecule has 108 valence electrons. The van der Waals surface area contributed by atoms with Crippen molar-refractivity contribution < 1.29 is 9.47 Å². The molecule has 1 unspecified atom stereocenters. The molecule has 1 atom stereocenters. The van der Waals surface area contributed by atoms with Gasteiger partial charge in [-0.1, -0.05) is 17.7 Å². The summed E-state index contributed by atoms with van der Waals surface area (Å²) >= 11 is 5.88. The summed E-state index contributed by atoms with van der Waals surface area (Å²) in [5.41, 5.74) is 0. The molecule has 0 saturated carbocycles. The van der Waals surface area contributed by atoms with E-state index < -0.39 is 0 Å². The Morgan fingerprint density at radius 3 is 2.84 bits per heavy atom. The van der Waals surface area contributed by atoms with Crippen molar-refractivity contribution in [2.45, 2.75) is 13.0 Å². The third kappa shape index (κ3) is 8.06. The molecule has 1 aromatic carbocycles. The minimum absolute atomic E-state index is 0.403. The summed E-state index contributed by atoms with van der Waals surface area (Å²) in [6.45, 7) is 6.11. The molecule has 0 amide bonds. The molecule has 5 heteroatoms. The Balaban J connectivity index is 2.03. The number of methoxy groups -OCH3 is 1. The van der Waals surface area contributed by atoms with Crippen LogP contribution in [0.3, 0.4) is 0 Å². The highest BCUT2D eigenvalue weighted by Crippen LogP contribution is 2.16. The molecule has 19 heavy (non-hydrogen) atoms. The van der Waals surface area contributed by atoms with Gasteiger partial charge in [-0.3, -0.25) is 0 Å². The fourth-order valence-corrected chi connectivity index (χ4v) is 1.78. The number of halogens is 1. The van der Waals surface area contributed by atoms with Crippen LogP contribution in [0.15, 0.2) is 24.3 Å². The molecule has 0 radical (unpaired) electrons. The number of nitrogens with one attached hydrogen (secondary N) is 2. The lowest BCUT2D eigenvalue weighted by atomic mass is 10.3. The van der Waals surface area contributed by atoms with E-state index in [9.17, 15) is 0 Å². The monoisotopic (exact) mass is 286 g/mol. The molecule has 0 saturated heterocycles. The Bertz CT molecular complexity index is 350. The summed E-state index contributed by atoms with van der Waals surface area (Å²) in [4.78, 5) is 0. The van der Waals surface area contributed by atoms with E-state index in [-0.39, 0.29) is 0 Å². The van der Waals surface area contributed by atoms with Crippen LogP contribution >= 0.6 is 11.6 Å². The molecule has 0 aliphatic rings. The quantitative estimate of drug-likeness (QED) is 0.645. The first-order valence-electron chi connectivity index (χ1n) is 6.54. The van der Waals surface area contributed by atoms with Gasteiger partial charge >= 0.3 is 0 Å². The van der Waals surface area contributed by atoms with Gasteiger partial charge in [0.15, 0.2) is 0 Å². The van der Waals surface area contributed by atoms with Gasteiger partial charge in [0.25, 0.3) is 0 Å². The zero-order valence-corrected chi connectivity index (χ0v) is 12.4. The molecule has 0 aliphatic carbocycles. The van der Waals surface area contributed by atoms with Crippen molar-refractivity contribution in [2.24, 2.45) is 0 Å². The molecule has 0 aliphatic heterocycles. The van der Waals surface area contributed by atoms with Gasteiger partial charge in [-0.2, -0.15) is 0 Å². The molecule has 2 N–H and O–H groups in total. The first kappa shape index (κ1) is 16.2. The maximum atomic E-state index is 5.88. The van der Waals surface area contributed by atoms with Crippen molar-refractivity contribution in [3.05, 3.63) is 29.3 Å². The SMILES string of the molecule is COCCNCC(C)NCCOc1cccc(Cl)c1. The van der Waals surface area contributed by atoms with Gasteiger partial charge in [-0.05, 0) is 25.1 Å². The van der Waals surface area contributed by atoms with Crippen molar-refractivity contribution >= 4 is 11.6 Å². The van der Waals surface area contributed by atoms with Crippen LogP contribution in [-0.2, 0) is 4.74 Å². The molecule has 1 aromatic rings. The second-order valence-corrected chi connectivity index (χ2v) is 4.79. The van der Waals surface area contributed by atoms with Gasteiger partial charge in [0.05, 0.1) is 6.61 Å². The molecule has 0 spiro atoms. The lowest BCUT2D eigenvalue weighted by Gasteiger charge is -2.15. The summed E-state index contributed by atoms with van der Waals surface area (Å²) in [5.74, 6) is 0.806. The summed E-state index contributed by atoms with van der Waals surface area (Å²) < 4.78 is 10.6. The zero-order chi connectivity index (χ0) is 13.9. The molecular weight excluding hydrogens is 264 g/mol. The third-order valence-electron chi connectivity index (χ3n) is 2.59. The van der Waals surface area contributed by atoms with E-state index in [0.29, 0.717) is 17.7 Å². The summed E-state index contributed by atoms with van der Waals surface area (Å²) in [7, 11) is 1.70. The topological polar surface area (TPSA) is 42.5 Å². The molecule has 0 aromatic heterocycles. The largest absolute Gasteiger partial charge is 0.492 e. The molecule has 0 fully saturated rings. The Morgan fingerprint density at radius 2 is 2.11 bits per heavy atom. The van der Waals surface area contributed by atoms with Gasteiger partial charge in [0.2, 0.25) is 0 Å². The second kappa shape index (κ2) is 10.0. The number of ether oxygens (including phenoxy) is 2. The first-order chi connectivity index (χ1) is 9.22. The Morgan fingerprint density at radius 1 is 1.26 bits per heavy atom. The van der Waals surface area contributed by atoms with E-state index in [1.807, 2.05) is 24.3 Å². The summed E-state index contributed by atoms with van der Waals surface area (Å²) in [6, 6.07) is 7.84. The van der Waals surface area contributed by atoms with Crippen LogP contribution in [0.4, 0.5) is 0 Å². The minimum atomic E-state index is 0.403. The van der Waals surface area contributed by atoms with E-state index in [0.717, 1.165) is 32.0 Å². The smallest absolute Gasteiger partial charge is 0.120 e. The molecule has 0 heterocycles. The molecule has 0 bridgehead atoms. The van der Waals surface area contributed by atoms with Crippen LogP contribution in [-0.4, -0.2) is 46.0 Å². The van der Waals surface area contributed by atoms with E-state index in [1.165, 1.54) is 0 Å². The standard InChI is InChI=1S/C14H23ClN2O2/c1-12(11-16-6-8-18-2)17-7-9-19-14-5-3-4-13(15)10-14/h3-5,10,12,16-17H,6-9,11H2,1-2H3. The predicted octanol–water partition coefficient (Wildman–Crippen LogP) is 1.93. The minimum Gasteiger partial charge on any atom is -0.492 e. The van der Waals surface area contributed by atoms with Crippen LogP contribution in [0, 0.1) is 0 Å². The van der Waals surface area contributed by atoms with Gasteiger partial charge < -0.3 is 20.1 Å². The average molecular weight is 287 g/mol. The van der Waals surface area contributed by atoms with Gasteiger partial charge in [0.1, 0.15) is 12.4 Å². The van der Waals surface area contributed by atoms with E-state index in [1.54, 1.807) is 7.11 Å². The average Bonchev–Trinajstić information content (AvgIpc) is 2.40. The highest BCUT2D eigenvalue weighted by Gasteiger charge is 2.00. The molecule has 1 rings (SSSR count).